The molecule has 0 aliphatic carbocycles. The summed E-state index contributed by atoms with van der Waals surface area (Å²) < 4.78 is 10.6. The van der Waals surface area contributed by atoms with E-state index in [0.29, 0.717) is 38.8 Å². The highest BCUT2D eigenvalue weighted by Crippen LogP contribution is 2.41. The van der Waals surface area contributed by atoms with Crippen molar-refractivity contribution in [2.24, 2.45) is 10.2 Å². The zero-order chi connectivity index (χ0) is 17.3. The standard InChI is InChI=1S/C17H16ClN3O3/c1-9-6-10(18)4-5-12(9)20-21-16-11-7-14(23-2)15(24-3)8-13(11)19-17(16)22/h4-8,19,22H,1-3H3. The van der Waals surface area contributed by atoms with E-state index in [-0.39, 0.29) is 5.88 Å². The summed E-state index contributed by atoms with van der Waals surface area (Å²) >= 11 is 5.94. The van der Waals surface area contributed by atoms with E-state index in [1.54, 1.807) is 44.6 Å². The molecule has 0 fully saturated rings. The monoisotopic (exact) mass is 345 g/mol. The highest BCUT2D eigenvalue weighted by molar-refractivity contribution is 6.30. The topological polar surface area (TPSA) is 79.2 Å². The van der Waals surface area contributed by atoms with E-state index in [0.717, 1.165) is 5.56 Å². The number of rotatable bonds is 4. The van der Waals surface area contributed by atoms with Gasteiger partial charge in [0.15, 0.2) is 17.2 Å². The third kappa shape index (κ3) is 2.88. The summed E-state index contributed by atoms with van der Waals surface area (Å²) in [6.07, 6.45) is 0. The summed E-state index contributed by atoms with van der Waals surface area (Å²) in [5, 5.41) is 19.9. The van der Waals surface area contributed by atoms with Crippen molar-refractivity contribution < 1.29 is 14.6 Å². The Hall–Kier alpha value is -2.73. The second-order valence-corrected chi connectivity index (χ2v) is 5.64. The van der Waals surface area contributed by atoms with Gasteiger partial charge in [-0.1, -0.05) is 11.6 Å². The van der Waals surface area contributed by atoms with E-state index in [1.807, 2.05) is 6.92 Å². The Morgan fingerprint density at radius 1 is 1.04 bits per heavy atom. The Labute approximate surface area is 143 Å². The van der Waals surface area contributed by atoms with Crippen molar-refractivity contribution in [3.63, 3.8) is 0 Å². The number of benzene rings is 2. The van der Waals surface area contributed by atoms with Gasteiger partial charge in [0, 0.05) is 16.5 Å². The van der Waals surface area contributed by atoms with Crippen LogP contribution in [0.5, 0.6) is 17.4 Å². The van der Waals surface area contributed by atoms with Crippen LogP contribution in [0.25, 0.3) is 10.9 Å². The minimum absolute atomic E-state index is 0.0735. The lowest BCUT2D eigenvalue weighted by molar-refractivity contribution is 0.356. The number of aromatic nitrogens is 1. The molecule has 0 saturated heterocycles. The molecule has 6 nitrogen and oxygen atoms in total. The molecule has 24 heavy (non-hydrogen) atoms. The number of ether oxygens (including phenoxy) is 2. The maximum absolute atomic E-state index is 10.1. The molecular formula is C17H16ClN3O3. The van der Waals surface area contributed by atoms with Crippen LogP contribution in [0.3, 0.4) is 0 Å². The van der Waals surface area contributed by atoms with Gasteiger partial charge >= 0.3 is 0 Å². The van der Waals surface area contributed by atoms with Crippen LogP contribution < -0.4 is 9.47 Å². The van der Waals surface area contributed by atoms with Gasteiger partial charge in [-0.05, 0) is 36.8 Å². The molecular weight excluding hydrogens is 330 g/mol. The Morgan fingerprint density at radius 3 is 2.42 bits per heavy atom. The molecule has 124 valence electrons. The van der Waals surface area contributed by atoms with Gasteiger partial charge in [-0.25, -0.2) is 0 Å². The largest absolute Gasteiger partial charge is 0.493 e. The Balaban J connectivity index is 2.08. The molecule has 2 aromatic carbocycles. The fourth-order valence-electron chi connectivity index (χ4n) is 2.43. The number of hydrogen-bond acceptors (Lipinski definition) is 5. The van der Waals surface area contributed by atoms with Crippen LogP contribution in [-0.4, -0.2) is 24.3 Å². The SMILES string of the molecule is COc1cc2[nH]c(O)c(N=Nc3ccc(Cl)cc3C)c2cc1OC. The summed E-state index contributed by atoms with van der Waals surface area (Å²) in [5.74, 6) is 1.03. The molecule has 1 heterocycles. The molecule has 2 N–H and O–H groups in total. The van der Waals surface area contributed by atoms with Crippen molar-refractivity contribution in [2.75, 3.05) is 14.2 Å². The smallest absolute Gasteiger partial charge is 0.218 e. The summed E-state index contributed by atoms with van der Waals surface area (Å²) in [6, 6.07) is 8.80. The van der Waals surface area contributed by atoms with E-state index in [9.17, 15) is 5.11 Å². The number of fused-ring (bicyclic) bond motifs is 1. The molecule has 0 spiro atoms. The number of hydrogen-bond donors (Lipinski definition) is 2. The van der Waals surface area contributed by atoms with Gasteiger partial charge in [0.05, 0.1) is 25.4 Å². The highest BCUT2D eigenvalue weighted by Gasteiger charge is 2.15. The zero-order valence-corrected chi connectivity index (χ0v) is 14.2. The molecule has 7 heteroatoms. The van der Waals surface area contributed by atoms with Gasteiger partial charge in [0.25, 0.3) is 0 Å². The number of H-pyrrole nitrogens is 1. The van der Waals surface area contributed by atoms with E-state index in [4.69, 9.17) is 21.1 Å². The molecule has 0 radical (unpaired) electrons. The van der Waals surface area contributed by atoms with Gasteiger partial charge in [-0.3, -0.25) is 0 Å². The van der Waals surface area contributed by atoms with E-state index in [1.165, 1.54) is 0 Å². The predicted molar refractivity (Wildman–Crippen MR) is 93.4 cm³/mol. The van der Waals surface area contributed by atoms with Crippen LogP contribution in [0, 0.1) is 6.92 Å². The Bertz CT molecular complexity index is 934. The van der Waals surface area contributed by atoms with Crippen LogP contribution in [0.4, 0.5) is 11.4 Å². The van der Waals surface area contributed by atoms with Gasteiger partial charge < -0.3 is 19.6 Å². The molecule has 1 aromatic heterocycles. The van der Waals surface area contributed by atoms with E-state index in [2.05, 4.69) is 15.2 Å². The lowest BCUT2D eigenvalue weighted by Gasteiger charge is -2.07. The van der Waals surface area contributed by atoms with Crippen LogP contribution in [0.2, 0.25) is 5.02 Å². The third-order valence-electron chi connectivity index (χ3n) is 3.67. The Morgan fingerprint density at radius 2 is 1.75 bits per heavy atom. The summed E-state index contributed by atoms with van der Waals surface area (Å²) in [5.41, 5.74) is 2.57. The lowest BCUT2D eigenvalue weighted by atomic mass is 10.2. The normalized spacial score (nSPS) is 11.3. The number of methoxy groups -OCH3 is 2. The molecule has 3 rings (SSSR count). The second kappa shape index (κ2) is 6.41. The van der Waals surface area contributed by atoms with Gasteiger partial charge in [0.1, 0.15) is 0 Å². The second-order valence-electron chi connectivity index (χ2n) is 5.21. The lowest BCUT2D eigenvalue weighted by Crippen LogP contribution is -1.89. The zero-order valence-electron chi connectivity index (χ0n) is 13.4. The van der Waals surface area contributed by atoms with Crippen LogP contribution in [-0.2, 0) is 0 Å². The number of aryl methyl sites for hydroxylation is 1. The number of azo groups is 1. The number of halogens is 1. The molecule has 0 aliphatic rings. The minimum atomic E-state index is -0.0735. The minimum Gasteiger partial charge on any atom is -0.493 e. The number of nitrogens with one attached hydrogen (secondary N) is 1. The fourth-order valence-corrected chi connectivity index (χ4v) is 2.66. The van der Waals surface area contributed by atoms with Crippen molar-refractivity contribution >= 4 is 33.9 Å². The number of aromatic hydroxyl groups is 1. The van der Waals surface area contributed by atoms with E-state index < -0.39 is 0 Å². The molecule has 0 bridgehead atoms. The van der Waals surface area contributed by atoms with E-state index >= 15 is 0 Å². The first-order chi connectivity index (χ1) is 11.5. The van der Waals surface area contributed by atoms with Gasteiger partial charge in [0.2, 0.25) is 5.88 Å². The highest BCUT2D eigenvalue weighted by atomic mass is 35.5. The summed E-state index contributed by atoms with van der Waals surface area (Å²) in [6.45, 7) is 1.89. The van der Waals surface area contributed by atoms with Crippen molar-refractivity contribution in [3.8, 4) is 17.4 Å². The first kappa shape index (κ1) is 16.1. The van der Waals surface area contributed by atoms with Crippen molar-refractivity contribution in [1.82, 2.24) is 4.98 Å². The molecule has 0 aliphatic heterocycles. The maximum atomic E-state index is 10.1. The average molecular weight is 346 g/mol. The van der Waals surface area contributed by atoms with Crippen LogP contribution >= 0.6 is 11.6 Å². The first-order valence-corrected chi connectivity index (χ1v) is 7.56. The summed E-state index contributed by atoms with van der Waals surface area (Å²) in [4.78, 5) is 2.86. The van der Waals surface area contributed by atoms with Crippen molar-refractivity contribution in [1.29, 1.82) is 0 Å². The van der Waals surface area contributed by atoms with Crippen LogP contribution in [0.1, 0.15) is 5.56 Å². The van der Waals surface area contributed by atoms with Crippen molar-refractivity contribution in [2.45, 2.75) is 6.92 Å². The van der Waals surface area contributed by atoms with Crippen molar-refractivity contribution in [3.05, 3.63) is 40.9 Å². The quantitative estimate of drug-likeness (QED) is 0.632. The average Bonchev–Trinajstić information content (AvgIpc) is 2.87. The van der Waals surface area contributed by atoms with Gasteiger partial charge in [-0.15, -0.1) is 5.11 Å². The molecule has 0 amide bonds. The summed E-state index contributed by atoms with van der Waals surface area (Å²) in [7, 11) is 3.10. The Kier molecular flexibility index (Phi) is 4.31. The fraction of sp³-hybridized carbons (Fsp3) is 0.176. The molecule has 0 atom stereocenters. The first-order valence-electron chi connectivity index (χ1n) is 7.18. The van der Waals surface area contributed by atoms with Crippen LogP contribution in [0.15, 0.2) is 40.6 Å². The molecule has 3 aromatic rings. The third-order valence-corrected chi connectivity index (χ3v) is 3.91. The predicted octanol–water partition coefficient (Wildman–Crippen LogP) is 5.27. The van der Waals surface area contributed by atoms with Gasteiger partial charge in [-0.2, -0.15) is 5.11 Å². The molecule has 0 saturated carbocycles. The maximum Gasteiger partial charge on any atom is 0.218 e. The number of nitrogens with zero attached hydrogens (tertiary/aromatic N) is 2. The molecule has 0 unspecified atom stereocenters. The number of aromatic amines is 1.